The summed E-state index contributed by atoms with van der Waals surface area (Å²) in [5.74, 6) is 0.852. The van der Waals surface area contributed by atoms with E-state index in [0.717, 1.165) is 16.9 Å². The van der Waals surface area contributed by atoms with Crippen LogP contribution in [0.15, 0.2) is 41.1 Å². The van der Waals surface area contributed by atoms with Crippen molar-refractivity contribution < 1.29 is 14.6 Å². The number of rotatable bonds is 8. The second-order valence-electron chi connectivity index (χ2n) is 5.00. The van der Waals surface area contributed by atoms with Crippen molar-refractivity contribution in [3.05, 3.63) is 52.2 Å². The molecule has 1 aromatic carbocycles. The Labute approximate surface area is 140 Å². The average Bonchev–Trinajstić information content (AvgIpc) is 3.09. The molecule has 0 spiro atoms. The molecule has 0 aliphatic heterocycles. The van der Waals surface area contributed by atoms with Gasteiger partial charge in [-0.1, -0.05) is 18.2 Å². The molecular weight excluding hydrogens is 312 g/mol. The zero-order valence-corrected chi connectivity index (χ0v) is 13.9. The molecule has 0 saturated carbocycles. The van der Waals surface area contributed by atoms with E-state index in [1.54, 1.807) is 0 Å². The number of hydrogen-bond acceptors (Lipinski definition) is 4. The first-order valence-electron chi connectivity index (χ1n) is 7.63. The maximum absolute atomic E-state index is 11.8. The molecule has 0 aliphatic rings. The molecule has 0 saturated heterocycles. The first-order chi connectivity index (χ1) is 11.2. The summed E-state index contributed by atoms with van der Waals surface area (Å²) in [6.07, 6.45) is 0.0159. The van der Waals surface area contributed by atoms with E-state index in [1.165, 1.54) is 11.3 Å². The molecule has 2 aromatic rings. The van der Waals surface area contributed by atoms with E-state index in [2.05, 4.69) is 10.6 Å². The minimum Gasteiger partial charge on any atom is -0.494 e. The van der Waals surface area contributed by atoms with Gasteiger partial charge < -0.3 is 20.5 Å². The van der Waals surface area contributed by atoms with Gasteiger partial charge in [0.05, 0.1) is 12.7 Å². The van der Waals surface area contributed by atoms with Gasteiger partial charge in [-0.05, 0) is 47.4 Å². The van der Waals surface area contributed by atoms with E-state index >= 15 is 0 Å². The van der Waals surface area contributed by atoms with Crippen LogP contribution in [0.25, 0.3) is 0 Å². The van der Waals surface area contributed by atoms with Crippen molar-refractivity contribution in [2.24, 2.45) is 0 Å². The maximum atomic E-state index is 11.8. The van der Waals surface area contributed by atoms with Gasteiger partial charge in [0.2, 0.25) is 0 Å². The number of amides is 2. The number of urea groups is 1. The van der Waals surface area contributed by atoms with Crippen molar-refractivity contribution in [3.63, 3.8) is 0 Å². The van der Waals surface area contributed by atoms with Gasteiger partial charge in [0.1, 0.15) is 5.75 Å². The van der Waals surface area contributed by atoms with Crippen LogP contribution in [0.4, 0.5) is 4.79 Å². The van der Waals surface area contributed by atoms with E-state index in [4.69, 9.17) is 4.74 Å². The molecule has 1 atom stereocenters. The van der Waals surface area contributed by atoms with Gasteiger partial charge in [-0.2, -0.15) is 11.3 Å². The molecule has 2 amide bonds. The summed E-state index contributed by atoms with van der Waals surface area (Å²) < 4.78 is 5.55. The first-order valence-corrected chi connectivity index (χ1v) is 8.57. The van der Waals surface area contributed by atoms with Gasteiger partial charge >= 0.3 is 6.03 Å². The fraction of sp³-hybridized carbons (Fsp3) is 0.353. The second kappa shape index (κ2) is 9.17. The molecule has 0 radical (unpaired) electrons. The van der Waals surface area contributed by atoms with Crippen molar-refractivity contribution in [1.82, 2.24) is 10.6 Å². The van der Waals surface area contributed by atoms with Gasteiger partial charge in [0.25, 0.3) is 0 Å². The van der Waals surface area contributed by atoms with E-state index in [-0.39, 0.29) is 12.6 Å². The van der Waals surface area contributed by atoms with Gasteiger partial charge in [-0.25, -0.2) is 4.79 Å². The topological polar surface area (TPSA) is 70.6 Å². The maximum Gasteiger partial charge on any atom is 0.314 e. The normalized spacial score (nSPS) is 11.7. The van der Waals surface area contributed by atoms with Crippen molar-refractivity contribution >= 4 is 17.4 Å². The predicted molar refractivity (Wildman–Crippen MR) is 92.0 cm³/mol. The molecule has 6 heteroatoms. The predicted octanol–water partition coefficient (Wildman–Crippen LogP) is 2.72. The van der Waals surface area contributed by atoms with E-state index in [0.29, 0.717) is 19.6 Å². The zero-order valence-electron chi connectivity index (χ0n) is 13.1. The van der Waals surface area contributed by atoms with Gasteiger partial charge in [0, 0.05) is 13.1 Å². The number of hydrogen-bond donors (Lipinski definition) is 3. The second-order valence-corrected chi connectivity index (χ2v) is 5.78. The molecule has 0 unspecified atom stereocenters. The third-order valence-electron chi connectivity index (χ3n) is 3.34. The summed E-state index contributed by atoms with van der Waals surface area (Å²) in [5.41, 5.74) is 1.88. The Kier molecular flexibility index (Phi) is 6.90. The number of carbonyl (C=O) groups is 1. The Morgan fingerprint density at radius 2 is 2.13 bits per heavy atom. The smallest absolute Gasteiger partial charge is 0.314 e. The number of thiophene rings is 1. The molecule has 1 heterocycles. The summed E-state index contributed by atoms with van der Waals surface area (Å²) in [6, 6.07) is 9.36. The summed E-state index contributed by atoms with van der Waals surface area (Å²) in [4.78, 5) is 11.8. The number of para-hydroxylation sites is 1. The average molecular weight is 334 g/mol. The lowest BCUT2D eigenvalue weighted by Crippen LogP contribution is -2.38. The fourth-order valence-corrected chi connectivity index (χ4v) is 2.86. The van der Waals surface area contributed by atoms with Crippen molar-refractivity contribution in [2.45, 2.75) is 19.4 Å². The minimum absolute atomic E-state index is 0.193. The lowest BCUT2D eigenvalue weighted by Gasteiger charge is -2.13. The summed E-state index contributed by atoms with van der Waals surface area (Å²) in [7, 11) is 0. The van der Waals surface area contributed by atoms with Crippen LogP contribution in [-0.2, 0) is 6.42 Å². The summed E-state index contributed by atoms with van der Waals surface area (Å²) >= 11 is 1.52. The van der Waals surface area contributed by atoms with E-state index < -0.39 is 6.10 Å². The van der Waals surface area contributed by atoms with E-state index in [9.17, 15) is 9.90 Å². The van der Waals surface area contributed by atoms with Crippen molar-refractivity contribution in [2.75, 3.05) is 19.7 Å². The standard InChI is InChI=1S/C17H22N2O3S/c1-2-22-16-6-4-3-5-13(16)7-9-18-17(21)19-11-15(20)14-8-10-23-12-14/h3-6,8,10,12,15,20H,2,7,9,11H2,1H3,(H2,18,19,21)/t15-/m0/s1. The number of nitrogens with one attached hydrogen (secondary N) is 2. The van der Waals surface area contributed by atoms with Crippen LogP contribution < -0.4 is 15.4 Å². The number of aliphatic hydroxyl groups excluding tert-OH is 1. The largest absolute Gasteiger partial charge is 0.494 e. The number of aliphatic hydroxyl groups is 1. The molecule has 1 aromatic heterocycles. The first kappa shape index (κ1) is 17.3. The number of carbonyl (C=O) groups excluding carboxylic acids is 1. The van der Waals surface area contributed by atoms with E-state index in [1.807, 2.05) is 48.0 Å². The minimum atomic E-state index is -0.675. The van der Waals surface area contributed by atoms with Gasteiger partial charge in [-0.15, -0.1) is 0 Å². The zero-order chi connectivity index (χ0) is 16.5. The Balaban J connectivity index is 1.71. The van der Waals surface area contributed by atoms with Crippen LogP contribution in [0, 0.1) is 0 Å². The molecular formula is C17H22N2O3S. The molecule has 23 heavy (non-hydrogen) atoms. The highest BCUT2D eigenvalue weighted by Crippen LogP contribution is 2.18. The molecule has 2 rings (SSSR count). The van der Waals surface area contributed by atoms with Crippen molar-refractivity contribution in [3.8, 4) is 5.75 Å². The SMILES string of the molecule is CCOc1ccccc1CCNC(=O)NC[C@H](O)c1ccsc1. The number of ether oxygens (including phenoxy) is 1. The van der Waals surface area contributed by atoms with Crippen LogP contribution in [0.3, 0.4) is 0 Å². The third kappa shape index (κ3) is 5.58. The van der Waals surface area contributed by atoms with Crippen LogP contribution >= 0.6 is 11.3 Å². The highest BCUT2D eigenvalue weighted by Gasteiger charge is 2.09. The summed E-state index contributed by atoms with van der Waals surface area (Å²) in [5, 5.41) is 19.1. The third-order valence-corrected chi connectivity index (χ3v) is 4.04. The Morgan fingerprint density at radius 1 is 1.30 bits per heavy atom. The monoisotopic (exact) mass is 334 g/mol. The highest BCUT2D eigenvalue weighted by molar-refractivity contribution is 7.07. The van der Waals surface area contributed by atoms with Crippen LogP contribution in [0.5, 0.6) is 5.75 Å². The molecule has 5 nitrogen and oxygen atoms in total. The van der Waals surface area contributed by atoms with Crippen LogP contribution in [-0.4, -0.2) is 30.8 Å². The Morgan fingerprint density at radius 3 is 2.87 bits per heavy atom. The fourth-order valence-electron chi connectivity index (χ4n) is 2.15. The molecule has 0 bridgehead atoms. The molecule has 0 fully saturated rings. The Hall–Kier alpha value is -2.05. The molecule has 124 valence electrons. The molecule has 3 N–H and O–H groups in total. The highest BCUT2D eigenvalue weighted by atomic mass is 32.1. The summed E-state index contributed by atoms with van der Waals surface area (Å²) in [6.45, 7) is 3.26. The van der Waals surface area contributed by atoms with Crippen molar-refractivity contribution in [1.29, 1.82) is 0 Å². The van der Waals surface area contributed by atoms with Crippen LogP contribution in [0.1, 0.15) is 24.2 Å². The van der Waals surface area contributed by atoms with Gasteiger partial charge in [-0.3, -0.25) is 0 Å². The Bertz CT molecular complexity index is 602. The van der Waals surface area contributed by atoms with Gasteiger partial charge in [0.15, 0.2) is 0 Å². The lowest BCUT2D eigenvalue weighted by atomic mass is 10.1. The lowest BCUT2D eigenvalue weighted by molar-refractivity contribution is 0.173. The molecule has 0 aliphatic carbocycles. The van der Waals surface area contributed by atoms with Crippen LogP contribution in [0.2, 0.25) is 0 Å². The number of benzene rings is 1. The quantitative estimate of drug-likeness (QED) is 0.695.